The van der Waals surface area contributed by atoms with E-state index in [9.17, 15) is 13.0 Å². The van der Waals surface area contributed by atoms with Gasteiger partial charge in [0.1, 0.15) is 13.1 Å². The van der Waals surface area contributed by atoms with Gasteiger partial charge in [-0.1, -0.05) is 25.0 Å². The molecule has 2 atom stereocenters. The van der Waals surface area contributed by atoms with Gasteiger partial charge in [0, 0.05) is 5.39 Å². The van der Waals surface area contributed by atoms with Crippen molar-refractivity contribution in [2.75, 3.05) is 44.2 Å². The van der Waals surface area contributed by atoms with Crippen molar-refractivity contribution >= 4 is 37.7 Å². The monoisotopic (exact) mass is 423 g/mol. The minimum atomic E-state index is -4.23. The zero-order chi connectivity index (χ0) is 19.4. The predicted molar refractivity (Wildman–Crippen MR) is 110 cm³/mol. The summed E-state index contributed by atoms with van der Waals surface area (Å²) in [7, 11) is -4.23. The molecule has 0 bridgehead atoms. The summed E-state index contributed by atoms with van der Waals surface area (Å²) in [6.45, 7) is 3.43. The van der Waals surface area contributed by atoms with E-state index in [0.717, 1.165) is 29.0 Å². The van der Waals surface area contributed by atoms with Crippen molar-refractivity contribution in [1.29, 1.82) is 0 Å². The van der Waals surface area contributed by atoms with Crippen molar-refractivity contribution in [1.82, 2.24) is 9.38 Å². The van der Waals surface area contributed by atoms with E-state index in [1.807, 2.05) is 17.1 Å². The van der Waals surface area contributed by atoms with Crippen LogP contribution in [0.5, 0.6) is 0 Å². The van der Waals surface area contributed by atoms with Crippen LogP contribution in [-0.2, 0) is 10.3 Å². The van der Waals surface area contributed by atoms with Crippen LogP contribution in [0, 0.1) is 11.8 Å². The maximum Gasteiger partial charge on any atom is 0.451 e. The van der Waals surface area contributed by atoms with Crippen LogP contribution in [0.3, 0.4) is 0 Å². The number of aromatic nitrogens is 1. The van der Waals surface area contributed by atoms with Crippen LogP contribution in [0.25, 0.3) is 10.1 Å². The van der Waals surface area contributed by atoms with Gasteiger partial charge in [0.15, 0.2) is 5.82 Å². The van der Waals surface area contributed by atoms with Gasteiger partial charge in [-0.2, -0.15) is 4.37 Å². The van der Waals surface area contributed by atoms with Crippen molar-refractivity contribution in [3.63, 3.8) is 0 Å². The Labute approximate surface area is 170 Å². The lowest BCUT2D eigenvalue weighted by molar-refractivity contribution is -0.930. The molecule has 2 aliphatic heterocycles. The summed E-state index contributed by atoms with van der Waals surface area (Å²) in [5.41, 5.74) is 0. The summed E-state index contributed by atoms with van der Waals surface area (Å²) in [6, 6.07) is 8.14. The molecule has 5 rings (SSSR count). The number of benzene rings is 1. The molecule has 0 spiro atoms. The molecule has 9 heteroatoms. The molecule has 3 fully saturated rings. The van der Waals surface area contributed by atoms with Crippen molar-refractivity contribution in [2.24, 2.45) is 11.8 Å². The van der Waals surface area contributed by atoms with E-state index < -0.39 is 10.3 Å². The van der Waals surface area contributed by atoms with Crippen molar-refractivity contribution < 1.29 is 17.0 Å². The number of piperazine rings is 1. The number of anilines is 1. The van der Waals surface area contributed by atoms with Crippen molar-refractivity contribution in [3.8, 4) is 0 Å². The Morgan fingerprint density at radius 3 is 2.36 bits per heavy atom. The highest BCUT2D eigenvalue weighted by molar-refractivity contribution is 7.80. The lowest BCUT2D eigenvalue weighted by atomic mass is 9.82. The van der Waals surface area contributed by atoms with E-state index in [-0.39, 0.29) is 4.00 Å². The first-order chi connectivity index (χ1) is 13.5. The fourth-order valence-corrected chi connectivity index (χ4v) is 7.27. The predicted octanol–water partition coefficient (Wildman–Crippen LogP) is 2.77. The summed E-state index contributed by atoms with van der Waals surface area (Å²) in [6.07, 6.45) is 4.85. The number of fused-ring (bicyclic) bond motifs is 2. The average molecular weight is 424 g/mol. The molecule has 1 aliphatic carbocycles. The molecule has 7 nitrogen and oxygen atoms in total. The summed E-state index contributed by atoms with van der Waals surface area (Å²) >= 11 is 1.48. The zero-order valence-electron chi connectivity index (χ0n) is 15.9. The highest BCUT2D eigenvalue weighted by atomic mass is 32.2. The Balaban J connectivity index is 1.40. The molecule has 1 saturated carbocycles. The molecule has 2 saturated heterocycles. The molecule has 1 aromatic heterocycles. The Morgan fingerprint density at radius 1 is 1.07 bits per heavy atom. The highest BCUT2D eigenvalue weighted by Crippen LogP contribution is 2.40. The number of hydrogen-bond acceptors (Lipinski definition) is 6. The van der Waals surface area contributed by atoms with Crippen LogP contribution in [0.1, 0.15) is 25.7 Å². The van der Waals surface area contributed by atoms with Crippen LogP contribution in [-0.4, -0.2) is 65.6 Å². The number of quaternary nitrogens is 1. The number of rotatable bonds is 3. The standard InChI is InChI=1S/C19H26N4O3S2/c24-28(25,26)23(22-13-15-5-1-2-6-16(15)14-22)11-9-21(10-12-23)19-17-7-3-4-8-18(17)27-20-19/h3-4,7-8,15-16H,1-2,5-6,9-14H2/p+1/t15-,16-/m0/s1. The van der Waals surface area contributed by atoms with Gasteiger partial charge in [0.05, 0.1) is 30.9 Å². The third-order valence-corrected chi connectivity index (χ3v) is 9.27. The highest BCUT2D eigenvalue weighted by Gasteiger charge is 2.54. The fourth-order valence-electron chi connectivity index (χ4n) is 5.43. The summed E-state index contributed by atoms with van der Waals surface area (Å²) in [5, 5.41) is 3.17. The lowest BCUT2D eigenvalue weighted by Crippen LogP contribution is -2.69. The smallest absolute Gasteiger partial charge is 0.344 e. The Hall–Kier alpha value is -1.26. The molecule has 0 unspecified atom stereocenters. The molecule has 152 valence electrons. The molecule has 1 aromatic carbocycles. The average Bonchev–Trinajstić information content (AvgIpc) is 3.31. The SMILES string of the molecule is O=S(=O)(O)[N+]1(N2C[C@@H]3CCCC[C@H]3C2)CCN(c2nsc3ccccc23)CC1. The van der Waals surface area contributed by atoms with Crippen LogP contribution in [0.15, 0.2) is 24.3 Å². The number of hydrogen-bond donors (Lipinski definition) is 1. The Bertz CT molecular complexity index is 954. The Kier molecular flexibility index (Phi) is 4.63. The third kappa shape index (κ3) is 2.95. The van der Waals surface area contributed by atoms with E-state index in [1.54, 1.807) is 0 Å². The molecule has 28 heavy (non-hydrogen) atoms. The van der Waals surface area contributed by atoms with E-state index in [2.05, 4.69) is 21.4 Å². The van der Waals surface area contributed by atoms with Gasteiger partial charge in [-0.3, -0.25) is 0 Å². The molecule has 0 amide bonds. The summed E-state index contributed by atoms with van der Waals surface area (Å²) in [4.78, 5) is 2.17. The van der Waals surface area contributed by atoms with Crippen LogP contribution in [0.4, 0.5) is 5.82 Å². The van der Waals surface area contributed by atoms with Gasteiger partial charge in [0.2, 0.25) is 0 Å². The summed E-state index contributed by atoms with van der Waals surface area (Å²) < 4.78 is 40.8. The van der Waals surface area contributed by atoms with Gasteiger partial charge in [-0.15, -0.1) is 17.4 Å². The van der Waals surface area contributed by atoms with Crippen molar-refractivity contribution in [3.05, 3.63) is 24.3 Å². The lowest BCUT2D eigenvalue weighted by Gasteiger charge is -2.45. The largest absolute Gasteiger partial charge is 0.451 e. The van der Waals surface area contributed by atoms with E-state index in [1.165, 1.54) is 37.2 Å². The first-order valence-corrected chi connectivity index (χ1v) is 12.3. The van der Waals surface area contributed by atoms with Gasteiger partial charge < -0.3 is 4.90 Å². The van der Waals surface area contributed by atoms with Gasteiger partial charge >= 0.3 is 10.3 Å². The van der Waals surface area contributed by atoms with Crippen LogP contribution < -0.4 is 4.90 Å². The maximum atomic E-state index is 12.6. The molecular weight excluding hydrogens is 396 g/mol. The second-order valence-corrected chi connectivity index (χ2v) is 10.8. The van der Waals surface area contributed by atoms with Crippen molar-refractivity contribution in [2.45, 2.75) is 25.7 Å². The Morgan fingerprint density at radius 2 is 1.71 bits per heavy atom. The minimum absolute atomic E-state index is 0.307. The van der Waals surface area contributed by atoms with E-state index in [4.69, 9.17) is 0 Å². The van der Waals surface area contributed by atoms with E-state index >= 15 is 0 Å². The molecule has 1 N–H and O–H groups in total. The first-order valence-electron chi connectivity index (χ1n) is 10.2. The van der Waals surface area contributed by atoms with Gasteiger partial charge in [-0.05, 0) is 48.3 Å². The fraction of sp³-hybridized carbons (Fsp3) is 0.632. The van der Waals surface area contributed by atoms with Crippen LogP contribution in [0.2, 0.25) is 0 Å². The van der Waals surface area contributed by atoms with Gasteiger partial charge in [0.25, 0.3) is 0 Å². The second-order valence-electron chi connectivity index (χ2n) is 8.41. The van der Waals surface area contributed by atoms with Gasteiger partial charge in [-0.25, -0.2) is 4.55 Å². The minimum Gasteiger partial charge on any atom is -0.344 e. The molecule has 3 heterocycles. The summed E-state index contributed by atoms with van der Waals surface area (Å²) in [5.74, 6) is 2.08. The molecule has 0 radical (unpaired) electrons. The molecule has 3 aliphatic rings. The molecular formula is C19H27N4O3S2+. The van der Waals surface area contributed by atoms with Crippen LogP contribution >= 0.6 is 11.5 Å². The first kappa shape index (κ1) is 18.7. The molecule has 2 aromatic rings. The van der Waals surface area contributed by atoms with E-state index in [0.29, 0.717) is 38.0 Å². The quantitative estimate of drug-likeness (QED) is 0.605. The second kappa shape index (κ2) is 6.91. The normalized spacial score (nSPS) is 28.5. The number of nitrogens with zero attached hydrogens (tertiary/aromatic N) is 4. The topological polar surface area (TPSA) is 73.7 Å². The third-order valence-electron chi connectivity index (χ3n) is 7.00. The maximum absolute atomic E-state index is 12.6. The zero-order valence-corrected chi connectivity index (χ0v) is 17.5.